The van der Waals surface area contributed by atoms with Gasteiger partial charge in [-0.25, -0.2) is 0 Å². The van der Waals surface area contributed by atoms with Crippen LogP contribution in [0.15, 0.2) is 30.5 Å². The van der Waals surface area contributed by atoms with Gasteiger partial charge < -0.3 is 10.4 Å². The third-order valence-electron chi connectivity index (χ3n) is 2.73. The summed E-state index contributed by atoms with van der Waals surface area (Å²) in [5.74, 6) is 0.320. The zero-order valence-corrected chi connectivity index (χ0v) is 11.4. The first-order chi connectivity index (χ1) is 8.20. The van der Waals surface area contributed by atoms with E-state index in [-0.39, 0.29) is 12.4 Å². The molecule has 0 atom stereocenters. The van der Waals surface area contributed by atoms with E-state index in [1.165, 1.54) is 0 Å². The van der Waals surface area contributed by atoms with E-state index in [0.717, 1.165) is 23.5 Å². The smallest absolute Gasteiger partial charge is 0.120 e. The van der Waals surface area contributed by atoms with E-state index in [9.17, 15) is 5.11 Å². The van der Waals surface area contributed by atoms with Crippen molar-refractivity contribution in [1.82, 2.24) is 9.78 Å². The van der Waals surface area contributed by atoms with Crippen molar-refractivity contribution < 1.29 is 5.11 Å². The molecule has 0 bridgehead atoms. The van der Waals surface area contributed by atoms with E-state index < -0.39 is 0 Å². The number of aromatic hydroxyl groups is 1. The molecule has 1 heterocycles. The molecule has 0 amide bonds. The van der Waals surface area contributed by atoms with Gasteiger partial charge >= 0.3 is 0 Å². The lowest BCUT2D eigenvalue weighted by Gasteiger charge is -2.06. The Morgan fingerprint density at radius 3 is 2.67 bits per heavy atom. The number of phenolic OH excluding ortho intramolecular Hbond substituents is 1. The van der Waals surface area contributed by atoms with Gasteiger partial charge in [-0.2, -0.15) is 5.10 Å². The molecule has 0 saturated carbocycles. The second-order valence-electron chi connectivity index (χ2n) is 3.97. The zero-order valence-electron chi connectivity index (χ0n) is 10.6. The number of nitrogens with zero attached hydrogens (tertiary/aromatic N) is 2. The number of anilines is 1. The Hall–Kier alpha value is -1.68. The molecule has 2 aromatic rings. The molecule has 5 heteroatoms. The largest absolute Gasteiger partial charge is 0.508 e. The summed E-state index contributed by atoms with van der Waals surface area (Å²) in [4.78, 5) is 0. The lowest BCUT2D eigenvalue weighted by atomic mass is 10.2. The number of phenols is 1. The van der Waals surface area contributed by atoms with Gasteiger partial charge in [-0.15, -0.1) is 12.4 Å². The molecule has 2 rings (SSSR count). The quantitative estimate of drug-likeness (QED) is 0.895. The molecule has 0 unspecified atom stereocenters. The highest BCUT2D eigenvalue weighted by atomic mass is 35.5. The average molecular weight is 268 g/mol. The van der Waals surface area contributed by atoms with Crippen LogP contribution < -0.4 is 5.32 Å². The van der Waals surface area contributed by atoms with Crippen molar-refractivity contribution in [2.45, 2.75) is 26.9 Å². The molecule has 0 radical (unpaired) electrons. The van der Waals surface area contributed by atoms with Crippen LogP contribution in [0.4, 0.5) is 5.69 Å². The Balaban J connectivity index is 0.00000162. The van der Waals surface area contributed by atoms with Crippen molar-refractivity contribution >= 4 is 18.1 Å². The molecule has 98 valence electrons. The Kier molecular flexibility index (Phi) is 5.04. The van der Waals surface area contributed by atoms with Gasteiger partial charge in [-0.3, -0.25) is 4.68 Å². The first kappa shape index (κ1) is 14.4. The van der Waals surface area contributed by atoms with E-state index in [1.807, 2.05) is 36.0 Å². The molecule has 1 aromatic heterocycles. The van der Waals surface area contributed by atoms with Crippen LogP contribution >= 0.6 is 12.4 Å². The third-order valence-corrected chi connectivity index (χ3v) is 2.73. The predicted octanol–water partition coefficient (Wildman–Crippen LogP) is 2.95. The van der Waals surface area contributed by atoms with Gasteiger partial charge in [0.25, 0.3) is 0 Å². The Morgan fingerprint density at radius 2 is 2.06 bits per heavy atom. The summed E-state index contributed by atoms with van der Waals surface area (Å²) < 4.78 is 1.89. The highest BCUT2D eigenvalue weighted by molar-refractivity contribution is 5.85. The molecule has 0 fully saturated rings. The molecule has 0 aliphatic rings. The van der Waals surface area contributed by atoms with E-state index in [2.05, 4.69) is 17.3 Å². The normalized spacial score (nSPS) is 9.89. The Bertz CT molecular complexity index is 511. The lowest BCUT2D eigenvalue weighted by molar-refractivity contribution is 0.469. The number of aromatic nitrogens is 2. The van der Waals surface area contributed by atoms with Crippen molar-refractivity contribution in [2.24, 2.45) is 0 Å². The topological polar surface area (TPSA) is 50.1 Å². The van der Waals surface area contributed by atoms with Crippen LogP contribution in [0.1, 0.15) is 18.2 Å². The molecule has 2 N–H and O–H groups in total. The summed E-state index contributed by atoms with van der Waals surface area (Å²) in [5.41, 5.74) is 2.87. The fraction of sp³-hybridized carbons (Fsp3) is 0.308. The van der Waals surface area contributed by atoms with Crippen molar-refractivity contribution in [3.8, 4) is 5.75 Å². The molecular weight excluding hydrogens is 250 g/mol. The minimum Gasteiger partial charge on any atom is -0.508 e. The Morgan fingerprint density at radius 1 is 1.33 bits per heavy atom. The van der Waals surface area contributed by atoms with Gasteiger partial charge in [0.1, 0.15) is 5.75 Å². The van der Waals surface area contributed by atoms with Crippen molar-refractivity contribution in [1.29, 1.82) is 0 Å². The van der Waals surface area contributed by atoms with Gasteiger partial charge in [0, 0.05) is 24.8 Å². The van der Waals surface area contributed by atoms with Gasteiger partial charge in [-0.1, -0.05) is 18.2 Å². The van der Waals surface area contributed by atoms with E-state index in [1.54, 1.807) is 6.07 Å². The van der Waals surface area contributed by atoms with Crippen molar-refractivity contribution in [3.05, 3.63) is 41.7 Å². The summed E-state index contributed by atoms with van der Waals surface area (Å²) in [5, 5.41) is 17.3. The zero-order chi connectivity index (χ0) is 12.3. The van der Waals surface area contributed by atoms with Crippen LogP contribution in [-0.4, -0.2) is 14.9 Å². The summed E-state index contributed by atoms with van der Waals surface area (Å²) >= 11 is 0. The summed E-state index contributed by atoms with van der Waals surface area (Å²) in [7, 11) is 0. The van der Waals surface area contributed by atoms with Gasteiger partial charge in [0.05, 0.1) is 11.4 Å². The van der Waals surface area contributed by atoms with Crippen LogP contribution in [0, 0.1) is 6.92 Å². The van der Waals surface area contributed by atoms with Crippen LogP contribution in [0.5, 0.6) is 5.75 Å². The number of rotatable bonds is 4. The minimum atomic E-state index is 0. The van der Waals surface area contributed by atoms with E-state index in [0.29, 0.717) is 12.3 Å². The number of hydrogen-bond donors (Lipinski definition) is 2. The number of halogens is 1. The standard InChI is InChI=1S/C13H17N3O.ClH/c1-3-16-9-12(10(2)15-16)14-8-11-6-4-5-7-13(11)17;/h4-7,9,14,17H,3,8H2,1-2H3;1H. The lowest BCUT2D eigenvalue weighted by Crippen LogP contribution is -1.99. The summed E-state index contributed by atoms with van der Waals surface area (Å²) in [6.07, 6.45) is 1.98. The second-order valence-corrected chi connectivity index (χ2v) is 3.97. The highest BCUT2D eigenvalue weighted by Gasteiger charge is 2.04. The molecule has 18 heavy (non-hydrogen) atoms. The van der Waals surface area contributed by atoms with E-state index in [4.69, 9.17) is 0 Å². The Labute approximate surface area is 113 Å². The first-order valence-corrected chi connectivity index (χ1v) is 5.75. The number of aryl methyl sites for hydroxylation is 2. The van der Waals surface area contributed by atoms with E-state index >= 15 is 0 Å². The van der Waals surface area contributed by atoms with Gasteiger partial charge in [0.15, 0.2) is 0 Å². The second kappa shape index (κ2) is 6.31. The number of benzene rings is 1. The van der Waals surface area contributed by atoms with Crippen molar-refractivity contribution in [2.75, 3.05) is 5.32 Å². The maximum Gasteiger partial charge on any atom is 0.120 e. The first-order valence-electron chi connectivity index (χ1n) is 5.75. The number of hydrogen-bond acceptors (Lipinski definition) is 3. The molecule has 0 aliphatic carbocycles. The van der Waals surface area contributed by atoms with Crippen LogP contribution in [0.2, 0.25) is 0 Å². The molecule has 4 nitrogen and oxygen atoms in total. The average Bonchev–Trinajstić information content (AvgIpc) is 2.69. The summed E-state index contributed by atoms with van der Waals surface area (Å²) in [6.45, 7) is 5.49. The highest BCUT2D eigenvalue weighted by Crippen LogP contribution is 2.19. The van der Waals surface area contributed by atoms with Crippen LogP contribution in [0.3, 0.4) is 0 Å². The predicted molar refractivity (Wildman–Crippen MR) is 75.3 cm³/mol. The molecule has 1 aromatic carbocycles. The molecule has 0 spiro atoms. The minimum absolute atomic E-state index is 0. The van der Waals surface area contributed by atoms with Crippen LogP contribution in [-0.2, 0) is 13.1 Å². The van der Waals surface area contributed by atoms with Crippen LogP contribution in [0.25, 0.3) is 0 Å². The molecular formula is C13H18ClN3O. The maximum atomic E-state index is 9.65. The molecule has 0 aliphatic heterocycles. The van der Waals surface area contributed by atoms with Gasteiger partial charge in [0.2, 0.25) is 0 Å². The molecule has 0 saturated heterocycles. The van der Waals surface area contributed by atoms with Gasteiger partial charge in [-0.05, 0) is 19.9 Å². The monoisotopic (exact) mass is 267 g/mol. The fourth-order valence-electron chi connectivity index (χ4n) is 1.70. The maximum absolute atomic E-state index is 9.65. The SMILES string of the molecule is CCn1cc(NCc2ccccc2O)c(C)n1.Cl. The third kappa shape index (κ3) is 3.17. The number of nitrogens with one attached hydrogen (secondary N) is 1. The fourth-order valence-corrected chi connectivity index (χ4v) is 1.70. The summed E-state index contributed by atoms with van der Waals surface area (Å²) in [6, 6.07) is 7.33. The van der Waals surface area contributed by atoms with Crippen molar-refractivity contribution in [3.63, 3.8) is 0 Å². The number of para-hydroxylation sites is 1.